The summed E-state index contributed by atoms with van der Waals surface area (Å²) in [6.07, 6.45) is 3.87. The SMILES string of the molecule is CC(C)(CO)NC(=O)[C@@H]1C[C@@H]2CCCC[C@H]2CN1C[C@@H](O)[C@H](CSc1ccccc1)NC(=O)OCc1ccccc1. The number of alkyl carbamates (subject to hydrolysis) is 1. The predicted octanol–water partition coefficient (Wildman–Crippen LogP) is 4.20. The third-order valence-electron chi connectivity index (χ3n) is 8.24. The van der Waals surface area contributed by atoms with Crippen molar-refractivity contribution < 1.29 is 24.5 Å². The van der Waals surface area contributed by atoms with Crippen LogP contribution in [0.2, 0.25) is 0 Å². The van der Waals surface area contributed by atoms with Gasteiger partial charge in [-0.05, 0) is 56.2 Å². The molecule has 2 amide bonds. The number of hydrogen-bond acceptors (Lipinski definition) is 7. The van der Waals surface area contributed by atoms with Gasteiger partial charge in [-0.1, -0.05) is 67.8 Å². The highest BCUT2D eigenvalue weighted by Crippen LogP contribution is 2.39. The normalized spacial score (nSPS) is 22.7. The van der Waals surface area contributed by atoms with Gasteiger partial charge >= 0.3 is 6.09 Å². The number of carbonyl (C=O) groups is 2. The fourth-order valence-electron chi connectivity index (χ4n) is 5.87. The Morgan fingerprint density at radius 2 is 1.71 bits per heavy atom. The first-order chi connectivity index (χ1) is 19.7. The van der Waals surface area contributed by atoms with Crippen LogP contribution in [-0.4, -0.2) is 76.3 Å². The standard InChI is InChI=1S/C32H45N3O5S/c1-32(2,22-36)34-30(38)28-17-24-13-9-10-14-25(24)18-35(28)19-29(37)27(21-41-26-15-7-4-8-16-26)33-31(39)40-20-23-11-5-3-6-12-23/h3-8,11-12,15-16,24-25,27-29,36-37H,9-10,13-14,17-22H2,1-2H3,(H,33,39)(H,34,38)/t24-,25-,27-,28-,29+/m0/s1. The number of rotatable bonds is 12. The van der Waals surface area contributed by atoms with Crippen molar-refractivity contribution >= 4 is 23.8 Å². The maximum absolute atomic E-state index is 13.5. The number of nitrogens with zero attached hydrogens (tertiary/aromatic N) is 1. The van der Waals surface area contributed by atoms with E-state index in [1.54, 1.807) is 25.6 Å². The van der Waals surface area contributed by atoms with Crippen LogP contribution in [-0.2, 0) is 16.1 Å². The number of nitrogens with one attached hydrogen (secondary N) is 2. The van der Waals surface area contributed by atoms with Crippen molar-refractivity contribution in [3.63, 3.8) is 0 Å². The second-order valence-electron chi connectivity index (χ2n) is 12.0. The summed E-state index contributed by atoms with van der Waals surface area (Å²) < 4.78 is 5.48. The molecule has 2 aromatic carbocycles. The van der Waals surface area contributed by atoms with E-state index < -0.39 is 29.8 Å². The largest absolute Gasteiger partial charge is 0.445 e. The van der Waals surface area contributed by atoms with E-state index in [-0.39, 0.29) is 25.7 Å². The van der Waals surface area contributed by atoms with Gasteiger partial charge in [0.2, 0.25) is 5.91 Å². The zero-order chi connectivity index (χ0) is 29.2. The van der Waals surface area contributed by atoms with Crippen LogP contribution in [0.1, 0.15) is 51.5 Å². The molecule has 224 valence electrons. The van der Waals surface area contributed by atoms with Gasteiger partial charge in [-0.3, -0.25) is 9.69 Å². The molecule has 1 saturated carbocycles. The molecule has 2 aliphatic rings. The molecule has 8 nitrogen and oxygen atoms in total. The number of likely N-dealkylation sites (tertiary alicyclic amines) is 1. The van der Waals surface area contributed by atoms with E-state index in [1.165, 1.54) is 12.8 Å². The quantitative estimate of drug-likeness (QED) is 0.277. The Hall–Kier alpha value is -2.59. The highest BCUT2D eigenvalue weighted by Gasteiger charge is 2.42. The number of ether oxygens (including phenoxy) is 1. The fraction of sp³-hybridized carbons (Fsp3) is 0.562. The molecule has 0 unspecified atom stereocenters. The first-order valence-electron chi connectivity index (χ1n) is 14.7. The van der Waals surface area contributed by atoms with Gasteiger partial charge in [-0.25, -0.2) is 4.79 Å². The zero-order valence-electron chi connectivity index (χ0n) is 24.2. The van der Waals surface area contributed by atoms with E-state index in [9.17, 15) is 19.8 Å². The van der Waals surface area contributed by atoms with Crippen LogP contribution in [0.5, 0.6) is 0 Å². The lowest BCUT2D eigenvalue weighted by Gasteiger charge is -2.47. The molecule has 9 heteroatoms. The summed E-state index contributed by atoms with van der Waals surface area (Å²) in [7, 11) is 0. The van der Waals surface area contributed by atoms with E-state index in [4.69, 9.17) is 4.74 Å². The molecule has 41 heavy (non-hydrogen) atoms. The number of fused-ring (bicyclic) bond motifs is 1. The molecule has 0 radical (unpaired) electrons. The van der Waals surface area contributed by atoms with E-state index >= 15 is 0 Å². The van der Waals surface area contributed by atoms with Crippen molar-refractivity contribution in [3.05, 3.63) is 66.2 Å². The Bertz CT molecular complexity index is 1100. The monoisotopic (exact) mass is 583 g/mol. The van der Waals surface area contributed by atoms with Gasteiger partial charge in [-0.2, -0.15) is 0 Å². The molecule has 0 aromatic heterocycles. The Morgan fingerprint density at radius 1 is 1.05 bits per heavy atom. The van der Waals surface area contributed by atoms with E-state index in [1.807, 2.05) is 60.7 Å². The second-order valence-corrected chi connectivity index (χ2v) is 13.1. The van der Waals surface area contributed by atoms with Gasteiger partial charge in [0.1, 0.15) is 6.61 Å². The van der Waals surface area contributed by atoms with E-state index in [0.717, 1.165) is 36.3 Å². The molecule has 1 saturated heterocycles. The number of piperidine rings is 1. The number of β-amino-alcohol motifs (C(OH)–C–C–N with tert-alkyl or cyclic N) is 1. The van der Waals surface area contributed by atoms with Crippen LogP contribution < -0.4 is 10.6 Å². The number of aliphatic hydroxyl groups excluding tert-OH is 2. The maximum atomic E-state index is 13.5. The third kappa shape index (κ3) is 9.46. The van der Waals surface area contributed by atoms with Gasteiger partial charge < -0.3 is 25.6 Å². The van der Waals surface area contributed by atoms with Crippen molar-refractivity contribution in [1.29, 1.82) is 0 Å². The minimum Gasteiger partial charge on any atom is -0.445 e. The van der Waals surface area contributed by atoms with Crippen molar-refractivity contribution in [2.24, 2.45) is 11.8 Å². The van der Waals surface area contributed by atoms with Crippen LogP contribution >= 0.6 is 11.8 Å². The highest BCUT2D eigenvalue weighted by atomic mass is 32.2. The fourth-order valence-corrected chi connectivity index (χ4v) is 6.89. The van der Waals surface area contributed by atoms with Crippen LogP contribution in [0.25, 0.3) is 0 Å². The lowest BCUT2D eigenvalue weighted by Crippen LogP contribution is -2.61. The minimum absolute atomic E-state index is 0.120. The van der Waals surface area contributed by atoms with Crippen molar-refractivity contribution in [1.82, 2.24) is 15.5 Å². The Kier molecular flexibility index (Phi) is 11.5. The molecular weight excluding hydrogens is 538 g/mol. The van der Waals surface area contributed by atoms with Crippen LogP contribution in [0.4, 0.5) is 4.79 Å². The Labute approximate surface area is 248 Å². The zero-order valence-corrected chi connectivity index (χ0v) is 25.0. The Balaban J connectivity index is 1.46. The van der Waals surface area contributed by atoms with Gasteiger partial charge in [0, 0.05) is 23.7 Å². The number of hydrogen-bond donors (Lipinski definition) is 4. The van der Waals surface area contributed by atoms with Crippen molar-refractivity contribution in [2.45, 2.75) is 81.2 Å². The molecule has 0 bridgehead atoms. The van der Waals surface area contributed by atoms with Gasteiger partial charge in [-0.15, -0.1) is 11.8 Å². The molecule has 4 rings (SSSR count). The maximum Gasteiger partial charge on any atom is 0.407 e. The number of benzene rings is 2. The summed E-state index contributed by atoms with van der Waals surface area (Å²) in [5, 5.41) is 27.2. The molecule has 2 aromatic rings. The van der Waals surface area contributed by atoms with E-state index in [0.29, 0.717) is 17.6 Å². The lowest BCUT2D eigenvalue weighted by molar-refractivity contribution is -0.133. The summed E-state index contributed by atoms with van der Waals surface area (Å²) in [5.74, 6) is 1.30. The van der Waals surface area contributed by atoms with Gasteiger partial charge in [0.25, 0.3) is 0 Å². The highest BCUT2D eigenvalue weighted by molar-refractivity contribution is 7.99. The lowest BCUT2D eigenvalue weighted by atomic mass is 9.72. The molecule has 1 aliphatic heterocycles. The summed E-state index contributed by atoms with van der Waals surface area (Å²) >= 11 is 1.56. The van der Waals surface area contributed by atoms with E-state index in [2.05, 4.69) is 15.5 Å². The van der Waals surface area contributed by atoms with Crippen molar-refractivity contribution in [2.75, 3.05) is 25.4 Å². The summed E-state index contributed by atoms with van der Waals surface area (Å²) in [4.78, 5) is 29.4. The van der Waals surface area contributed by atoms with Crippen LogP contribution in [0.15, 0.2) is 65.6 Å². The first-order valence-corrected chi connectivity index (χ1v) is 15.7. The molecule has 2 fully saturated rings. The van der Waals surface area contributed by atoms with Gasteiger partial charge in [0.05, 0.1) is 30.3 Å². The average Bonchev–Trinajstić information content (AvgIpc) is 2.98. The molecule has 4 N–H and O–H groups in total. The summed E-state index contributed by atoms with van der Waals surface area (Å²) in [6.45, 7) is 4.57. The number of carbonyl (C=O) groups excluding carboxylic acids is 2. The summed E-state index contributed by atoms with van der Waals surface area (Å²) in [6, 6.07) is 18.4. The number of amides is 2. The molecule has 1 aliphatic carbocycles. The number of thioether (sulfide) groups is 1. The van der Waals surface area contributed by atoms with Crippen LogP contribution in [0.3, 0.4) is 0 Å². The molecular formula is C32H45N3O5S. The molecule has 1 heterocycles. The topological polar surface area (TPSA) is 111 Å². The van der Waals surface area contributed by atoms with Crippen LogP contribution in [0, 0.1) is 11.8 Å². The smallest absolute Gasteiger partial charge is 0.407 e. The van der Waals surface area contributed by atoms with Gasteiger partial charge in [0.15, 0.2) is 0 Å². The molecule has 5 atom stereocenters. The number of aliphatic hydroxyl groups is 2. The first kappa shape index (κ1) is 31.3. The third-order valence-corrected chi connectivity index (χ3v) is 9.37. The average molecular weight is 584 g/mol. The Morgan fingerprint density at radius 3 is 2.39 bits per heavy atom. The summed E-state index contributed by atoms with van der Waals surface area (Å²) in [5.41, 5.74) is 0.150. The predicted molar refractivity (Wildman–Crippen MR) is 161 cm³/mol. The minimum atomic E-state index is -0.920. The van der Waals surface area contributed by atoms with Crippen molar-refractivity contribution in [3.8, 4) is 0 Å². The molecule has 0 spiro atoms. The second kappa shape index (κ2) is 15.0.